The summed E-state index contributed by atoms with van der Waals surface area (Å²) in [5.74, 6) is 0.688. The second-order valence-corrected chi connectivity index (χ2v) is 4.76. The lowest BCUT2D eigenvalue weighted by Gasteiger charge is -2.23. The average molecular weight is 302 g/mol. The number of hydrogen-bond donors (Lipinski definition) is 1. The van der Waals surface area contributed by atoms with Gasteiger partial charge in [-0.05, 0) is 25.5 Å². The van der Waals surface area contributed by atoms with E-state index in [2.05, 4.69) is 4.90 Å². The number of rotatable bonds is 5. The minimum absolute atomic E-state index is 0. The summed E-state index contributed by atoms with van der Waals surface area (Å²) in [5.41, 5.74) is 6.69. The highest BCUT2D eigenvalue weighted by Crippen LogP contribution is 2.28. The predicted molar refractivity (Wildman–Crippen MR) is 79.4 cm³/mol. The Kier molecular flexibility index (Phi) is 6.19. The molecule has 2 rings (SSSR count). The number of methoxy groups -OCH3 is 1. The Morgan fingerprint density at radius 3 is 2.90 bits per heavy atom. The summed E-state index contributed by atoms with van der Waals surface area (Å²) in [6, 6.07) is 5.07. The van der Waals surface area contributed by atoms with Crippen molar-refractivity contribution >= 4 is 18.1 Å². The monoisotopic (exact) mass is 301 g/mol. The Labute approximate surface area is 124 Å². The molecule has 1 aromatic carbocycles. The van der Waals surface area contributed by atoms with Crippen molar-refractivity contribution in [3.63, 3.8) is 0 Å². The van der Waals surface area contributed by atoms with Gasteiger partial charge in [0.05, 0.1) is 12.0 Å². The van der Waals surface area contributed by atoms with Crippen LogP contribution in [0.2, 0.25) is 0 Å². The first-order valence-electron chi connectivity index (χ1n) is 6.41. The molecule has 0 amide bonds. The first-order chi connectivity index (χ1) is 9.15. The van der Waals surface area contributed by atoms with Crippen LogP contribution in [0.1, 0.15) is 18.4 Å². The van der Waals surface area contributed by atoms with E-state index in [1.807, 2.05) is 0 Å². The summed E-state index contributed by atoms with van der Waals surface area (Å²) >= 11 is 0. The van der Waals surface area contributed by atoms with Gasteiger partial charge in [-0.1, -0.05) is 0 Å². The van der Waals surface area contributed by atoms with Crippen LogP contribution in [-0.2, 0) is 6.54 Å². The van der Waals surface area contributed by atoms with Crippen LogP contribution in [0.25, 0.3) is 0 Å². The fourth-order valence-corrected chi connectivity index (χ4v) is 2.59. The molecule has 0 aromatic heterocycles. The van der Waals surface area contributed by atoms with E-state index in [1.165, 1.54) is 6.07 Å². The molecule has 6 nitrogen and oxygen atoms in total. The van der Waals surface area contributed by atoms with E-state index >= 15 is 0 Å². The van der Waals surface area contributed by atoms with Crippen LogP contribution in [0.5, 0.6) is 5.75 Å². The third-order valence-corrected chi connectivity index (χ3v) is 3.62. The van der Waals surface area contributed by atoms with Gasteiger partial charge < -0.3 is 10.5 Å². The topological polar surface area (TPSA) is 81.6 Å². The van der Waals surface area contributed by atoms with Gasteiger partial charge in [-0.15, -0.1) is 12.4 Å². The molecule has 0 radical (unpaired) electrons. The van der Waals surface area contributed by atoms with Crippen LogP contribution in [-0.4, -0.2) is 36.1 Å². The number of non-ortho nitro benzene ring substituents is 1. The zero-order valence-electron chi connectivity index (χ0n) is 11.4. The molecule has 112 valence electrons. The number of ether oxygens (including phenoxy) is 1. The van der Waals surface area contributed by atoms with Crippen molar-refractivity contribution in [3.8, 4) is 5.75 Å². The SMILES string of the molecule is COc1ccc([N+](=O)[O-])cc1CN1CCCC1CN.Cl. The van der Waals surface area contributed by atoms with Gasteiger partial charge in [-0.25, -0.2) is 0 Å². The Morgan fingerprint density at radius 1 is 1.55 bits per heavy atom. The molecule has 0 aliphatic carbocycles. The molecular formula is C13H20ClN3O3. The van der Waals surface area contributed by atoms with Crippen molar-refractivity contribution in [2.24, 2.45) is 5.73 Å². The zero-order valence-corrected chi connectivity index (χ0v) is 12.3. The molecule has 0 saturated carbocycles. The lowest BCUT2D eigenvalue weighted by molar-refractivity contribution is -0.385. The second kappa shape index (κ2) is 7.42. The first kappa shape index (κ1) is 16.7. The Hall–Kier alpha value is -1.37. The lowest BCUT2D eigenvalue weighted by atomic mass is 10.1. The molecule has 1 saturated heterocycles. The summed E-state index contributed by atoms with van der Waals surface area (Å²) in [6.07, 6.45) is 2.22. The Bertz CT molecular complexity index is 470. The van der Waals surface area contributed by atoms with E-state index in [1.54, 1.807) is 19.2 Å². The first-order valence-corrected chi connectivity index (χ1v) is 6.41. The number of likely N-dealkylation sites (tertiary alicyclic amines) is 1. The zero-order chi connectivity index (χ0) is 13.8. The maximum Gasteiger partial charge on any atom is 0.270 e. The number of halogens is 1. The van der Waals surface area contributed by atoms with Crippen molar-refractivity contribution in [2.75, 3.05) is 20.2 Å². The summed E-state index contributed by atoms with van der Waals surface area (Å²) in [7, 11) is 1.58. The molecule has 1 aliphatic rings. The molecule has 0 bridgehead atoms. The van der Waals surface area contributed by atoms with Crippen molar-refractivity contribution in [1.29, 1.82) is 0 Å². The van der Waals surface area contributed by atoms with Crippen LogP contribution >= 0.6 is 12.4 Å². The summed E-state index contributed by atoms with van der Waals surface area (Å²) in [5, 5.41) is 10.8. The van der Waals surface area contributed by atoms with E-state index in [-0.39, 0.29) is 23.0 Å². The van der Waals surface area contributed by atoms with E-state index in [9.17, 15) is 10.1 Å². The van der Waals surface area contributed by atoms with E-state index in [4.69, 9.17) is 10.5 Å². The van der Waals surface area contributed by atoms with Crippen LogP contribution in [0.3, 0.4) is 0 Å². The van der Waals surface area contributed by atoms with Gasteiger partial charge in [-0.2, -0.15) is 0 Å². The molecule has 7 heteroatoms. The molecule has 1 heterocycles. The van der Waals surface area contributed by atoms with Crippen LogP contribution in [0.4, 0.5) is 5.69 Å². The Morgan fingerprint density at radius 2 is 2.30 bits per heavy atom. The number of benzene rings is 1. The second-order valence-electron chi connectivity index (χ2n) is 4.76. The molecule has 0 spiro atoms. The van der Waals surface area contributed by atoms with E-state index in [0.29, 0.717) is 24.9 Å². The van der Waals surface area contributed by atoms with Gasteiger partial charge in [0.2, 0.25) is 0 Å². The number of nitrogens with two attached hydrogens (primary N) is 1. The third-order valence-electron chi connectivity index (χ3n) is 3.62. The molecule has 1 atom stereocenters. The van der Waals surface area contributed by atoms with Crippen molar-refractivity contribution in [2.45, 2.75) is 25.4 Å². The van der Waals surface area contributed by atoms with Gasteiger partial charge in [0.15, 0.2) is 0 Å². The molecule has 1 unspecified atom stereocenters. The quantitative estimate of drug-likeness (QED) is 0.664. The van der Waals surface area contributed by atoms with Gasteiger partial charge >= 0.3 is 0 Å². The molecule has 1 fully saturated rings. The molecule has 20 heavy (non-hydrogen) atoms. The van der Waals surface area contributed by atoms with E-state index < -0.39 is 0 Å². The minimum Gasteiger partial charge on any atom is -0.496 e. The summed E-state index contributed by atoms with van der Waals surface area (Å²) < 4.78 is 5.28. The van der Waals surface area contributed by atoms with Gasteiger partial charge in [0.25, 0.3) is 5.69 Å². The highest BCUT2D eigenvalue weighted by atomic mass is 35.5. The highest BCUT2D eigenvalue weighted by molar-refractivity contribution is 5.85. The molecule has 1 aliphatic heterocycles. The number of nitrogens with zero attached hydrogens (tertiary/aromatic N) is 2. The standard InChI is InChI=1S/C13H19N3O3.ClH/c1-19-13-5-4-11(16(17)18)7-10(13)9-15-6-2-3-12(15)8-14;/h4-5,7,12H,2-3,6,8-9,14H2,1H3;1H. The fraction of sp³-hybridized carbons (Fsp3) is 0.538. The third kappa shape index (κ3) is 3.59. The van der Waals surface area contributed by atoms with Crippen LogP contribution in [0, 0.1) is 10.1 Å². The van der Waals surface area contributed by atoms with Gasteiger partial charge in [0, 0.05) is 36.8 Å². The lowest BCUT2D eigenvalue weighted by Crippen LogP contribution is -2.34. The number of nitro groups is 1. The summed E-state index contributed by atoms with van der Waals surface area (Å²) in [4.78, 5) is 12.7. The van der Waals surface area contributed by atoms with Crippen molar-refractivity contribution < 1.29 is 9.66 Å². The molecular weight excluding hydrogens is 282 g/mol. The number of hydrogen-bond acceptors (Lipinski definition) is 5. The maximum absolute atomic E-state index is 10.8. The van der Waals surface area contributed by atoms with E-state index in [0.717, 1.165) is 24.9 Å². The predicted octanol–water partition coefficient (Wildman–Crippen LogP) is 1.95. The molecule has 1 aromatic rings. The van der Waals surface area contributed by atoms with Crippen LogP contribution in [0.15, 0.2) is 18.2 Å². The minimum atomic E-state index is -0.382. The molecule has 2 N–H and O–H groups in total. The van der Waals surface area contributed by atoms with Gasteiger partial charge in [-0.3, -0.25) is 15.0 Å². The smallest absolute Gasteiger partial charge is 0.270 e. The van der Waals surface area contributed by atoms with Crippen LogP contribution < -0.4 is 10.5 Å². The largest absolute Gasteiger partial charge is 0.496 e. The van der Waals surface area contributed by atoms with Gasteiger partial charge in [0.1, 0.15) is 5.75 Å². The van der Waals surface area contributed by atoms with Crippen molar-refractivity contribution in [3.05, 3.63) is 33.9 Å². The van der Waals surface area contributed by atoms with Crippen molar-refractivity contribution in [1.82, 2.24) is 4.90 Å². The number of nitro benzene ring substituents is 1. The highest BCUT2D eigenvalue weighted by Gasteiger charge is 2.24. The summed E-state index contributed by atoms with van der Waals surface area (Å²) in [6.45, 7) is 2.25. The maximum atomic E-state index is 10.8. The average Bonchev–Trinajstić information content (AvgIpc) is 2.85. The Balaban J connectivity index is 0.00000200. The normalized spacial score (nSPS) is 18.6. The fourth-order valence-electron chi connectivity index (χ4n) is 2.59.